The summed E-state index contributed by atoms with van der Waals surface area (Å²) in [6.07, 6.45) is 4.90. The lowest BCUT2D eigenvalue weighted by Crippen LogP contribution is -2.56. The predicted molar refractivity (Wildman–Crippen MR) is 91.3 cm³/mol. The molecule has 3 rings (SSSR count). The SMILES string of the molecule is Cl.NC1CCS[C@H]2CCCC(C(=O)Nc3nccs3)N2C1=O. The van der Waals surface area contributed by atoms with Crippen LogP contribution in [0, 0.1) is 0 Å². The zero-order chi connectivity index (χ0) is 14.8. The lowest BCUT2D eigenvalue weighted by atomic mass is 9.99. The first-order chi connectivity index (χ1) is 10.2. The number of nitrogens with zero attached hydrogens (tertiary/aromatic N) is 2. The molecule has 9 heteroatoms. The van der Waals surface area contributed by atoms with E-state index >= 15 is 0 Å². The van der Waals surface area contributed by atoms with Crippen LogP contribution >= 0.6 is 35.5 Å². The first-order valence-electron chi connectivity index (χ1n) is 7.06. The summed E-state index contributed by atoms with van der Waals surface area (Å²) < 4.78 is 0. The number of halogens is 1. The Morgan fingerprint density at radius 3 is 2.95 bits per heavy atom. The summed E-state index contributed by atoms with van der Waals surface area (Å²) in [4.78, 5) is 30.8. The van der Waals surface area contributed by atoms with E-state index in [2.05, 4.69) is 10.3 Å². The monoisotopic (exact) mass is 362 g/mol. The van der Waals surface area contributed by atoms with Crippen LogP contribution in [0.25, 0.3) is 0 Å². The van der Waals surface area contributed by atoms with Crippen molar-refractivity contribution in [2.75, 3.05) is 11.1 Å². The minimum atomic E-state index is -0.490. The van der Waals surface area contributed by atoms with Crippen molar-refractivity contribution in [3.05, 3.63) is 11.6 Å². The van der Waals surface area contributed by atoms with Crippen molar-refractivity contribution in [3.63, 3.8) is 0 Å². The third-order valence-corrected chi connectivity index (χ3v) is 5.86. The second-order valence-corrected chi connectivity index (χ2v) is 7.42. The smallest absolute Gasteiger partial charge is 0.249 e. The van der Waals surface area contributed by atoms with Crippen LogP contribution in [0.3, 0.4) is 0 Å². The number of nitrogens with two attached hydrogens (primary N) is 1. The molecular weight excluding hydrogens is 344 g/mol. The Morgan fingerprint density at radius 1 is 1.41 bits per heavy atom. The van der Waals surface area contributed by atoms with Gasteiger partial charge < -0.3 is 16.0 Å². The molecule has 1 aromatic rings. The number of carbonyl (C=O) groups is 2. The molecule has 0 aromatic carbocycles. The Kier molecular flexibility index (Phi) is 6.08. The molecule has 2 aliphatic heterocycles. The molecule has 3 atom stereocenters. The summed E-state index contributed by atoms with van der Waals surface area (Å²) in [5.41, 5.74) is 5.94. The van der Waals surface area contributed by atoms with Crippen molar-refractivity contribution >= 4 is 52.5 Å². The number of thiazole rings is 1. The van der Waals surface area contributed by atoms with E-state index in [0.29, 0.717) is 18.0 Å². The first-order valence-corrected chi connectivity index (χ1v) is 8.99. The highest BCUT2D eigenvalue weighted by Gasteiger charge is 2.41. The van der Waals surface area contributed by atoms with E-state index in [1.54, 1.807) is 22.9 Å². The van der Waals surface area contributed by atoms with Crippen molar-refractivity contribution in [1.82, 2.24) is 9.88 Å². The molecule has 2 unspecified atom stereocenters. The quantitative estimate of drug-likeness (QED) is 0.835. The number of fused-ring (bicyclic) bond motifs is 1. The normalized spacial score (nSPS) is 28.3. The van der Waals surface area contributed by atoms with E-state index in [1.165, 1.54) is 11.3 Å². The summed E-state index contributed by atoms with van der Waals surface area (Å²) in [6.45, 7) is 0. The first kappa shape index (κ1) is 17.5. The van der Waals surface area contributed by atoms with E-state index in [1.807, 2.05) is 5.38 Å². The van der Waals surface area contributed by atoms with Crippen LogP contribution in [0.15, 0.2) is 11.6 Å². The van der Waals surface area contributed by atoms with Gasteiger partial charge in [-0.15, -0.1) is 35.5 Å². The highest BCUT2D eigenvalue weighted by Crippen LogP contribution is 2.34. The maximum atomic E-state index is 12.5. The van der Waals surface area contributed by atoms with E-state index in [-0.39, 0.29) is 29.6 Å². The average Bonchev–Trinajstić information content (AvgIpc) is 2.94. The van der Waals surface area contributed by atoms with Crippen LogP contribution in [-0.4, -0.2) is 44.9 Å². The Hall–Kier alpha value is -0.830. The topological polar surface area (TPSA) is 88.3 Å². The molecule has 122 valence electrons. The molecular formula is C13H19ClN4O2S2. The van der Waals surface area contributed by atoms with Gasteiger partial charge in [0.05, 0.1) is 11.4 Å². The number of rotatable bonds is 2. The van der Waals surface area contributed by atoms with Crippen LogP contribution < -0.4 is 11.1 Å². The lowest BCUT2D eigenvalue weighted by Gasteiger charge is -2.40. The van der Waals surface area contributed by atoms with Crippen molar-refractivity contribution in [2.45, 2.75) is 43.1 Å². The molecule has 3 N–H and O–H groups in total. The average molecular weight is 363 g/mol. The Balaban J connectivity index is 0.00000176. The van der Waals surface area contributed by atoms with Crippen molar-refractivity contribution < 1.29 is 9.59 Å². The van der Waals surface area contributed by atoms with E-state index in [4.69, 9.17) is 5.73 Å². The standard InChI is InChI=1S/C13H18N4O2S2.ClH/c14-8-4-6-20-10-3-1-2-9(17(10)12(8)19)11(18)16-13-15-5-7-21-13;/h5,7-10H,1-4,6,14H2,(H,15,16,18);1H/t8?,9?,10-;/m0./s1. The molecule has 0 radical (unpaired) electrons. The number of carbonyl (C=O) groups excluding carboxylic acids is 2. The Labute approximate surface area is 143 Å². The summed E-state index contributed by atoms with van der Waals surface area (Å²) in [7, 11) is 0. The summed E-state index contributed by atoms with van der Waals surface area (Å²) >= 11 is 3.11. The highest BCUT2D eigenvalue weighted by molar-refractivity contribution is 7.99. The summed E-state index contributed by atoms with van der Waals surface area (Å²) in [5.74, 6) is 0.621. The predicted octanol–water partition coefficient (Wildman–Crippen LogP) is 1.67. The van der Waals surface area contributed by atoms with E-state index < -0.39 is 12.1 Å². The molecule has 22 heavy (non-hydrogen) atoms. The van der Waals surface area contributed by atoms with Crippen LogP contribution in [0.5, 0.6) is 0 Å². The Morgan fingerprint density at radius 2 is 2.23 bits per heavy atom. The van der Waals surface area contributed by atoms with Crippen LogP contribution in [0.1, 0.15) is 25.7 Å². The third kappa shape index (κ3) is 3.56. The van der Waals surface area contributed by atoms with Gasteiger partial charge in [0.15, 0.2) is 5.13 Å². The fourth-order valence-electron chi connectivity index (χ4n) is 2.80. The fourth-order valence-corrected chi connectivity index (χ4v) is 4.74. The second-order valence-electron chi connectivity index (χ2n) is 5.24. The second kappa shape index (κ2) is 7.63. The number of nitrogens with one attached hydrogen (secondary N) is 1. The van der Waals surface area contributed by atoms with Crippen LogP contribution in [-0.2, 0) is 9.59 Å². The maximum Gasteiger partial charge on any atom is 0.249 e. The fraction of sp³-hybridized carbons (Fsp3) is 0.615. The van der Waals surface area contributed by atoms with Crippen molar-refractivity contribution in [3.8, 4) is 0 Å². The van der Waals surface area contributed by atoms with E-state index in [9.17, 15) is 9.59 Å². The number of amides is 2. The van der Waals surface area contributed by atoms with Gasteiger partial charge in [-0.25, -0.2) is 4.98 Å². The maximum absolute atomic E-state index is 12.5. The van der Waals surface area contributed by atoms with Gasteiger partial charge >= 0.3 is 0 Å². The minimum Gasteiger partial charge on any atom is -0.320 e. The molecule has 0 bridgehead atoms. The summed E-state index contributed by atoms with van der Waals surface area (Å²) in [5, 5.41) is 5.26. The number of hydrogen-bond acceptors (Lipinski definition) is 6. The summed E-state index contributed by atoms with van der Waals surface area (Å²) in [6, 6.07) is -0.924. The van der Waals surface area contributed by atoms with Crippen LogP contribution in [0.4, 0.5) is 5.13 Å². The number of aromatic nitrogens is 1. The van der Waals surface area contributed by atoms with Gasteiger partial charge in [0, 0.05) is 11.6 Å². The van der Waals surface area contributed by atoms with Gasteiger partial charge in [0.25, 0.3) is 0 Å². The molecule has 6 nitrogen and oxygen atoms in total. The van der Waals surface area contributed by atoms with Gasteiger partial charge in [0.1, 0.15) is 6.04 Å². The highest BCUT2D eigenvalue weighted by atomic mass is 35.5. The molecule has 0 spiro atoms. The van der Waals surface area contributed by atoms with Gasteiger partial charge in [-0.05, 0) is 31.4 Å². The number of anilines is 1. The molecule has 2 saturated heterocycles. The van der Waals surface area contributed by atoms with Gasteiger partial charge in [-0.2, -0.15) is 0 Å². The largest absolute Gasteiger partial charge is 0.320 e. The van der Waals surface area contributed by atoms with E-state index in [0.717, 1.165) is 18.6 Å². The van der Waals surface area contributed by atoms with Crippen LogP contribution in [0.2, 0.25) is 0 Å². The third-order valence-electron chi connectivity index (χ3n) is 3.85. The molecule has 3 heterocycles. The molecule has 2 amide bonds. The minimum absolute atomic E-state index is 0. The number of hydrogen-bond donors (Lipinski definition) is 2. The van der Waals surface area contributed by atoms with Gasteiger partial charge in [-0.1, -0.05) is 0 Å². The molecule has 2 fully saturated rings. The molecule has 2 aliphatic rings. The van der Waals surface area contributed by atoms with Gasteiger partial charge in [0.2, 0.25) is 11.8 Å². The lowest BCUT2D eigenvalue weighted by molar-refractivity contribution is -0.142. The molecule has 0 saturated carbocycles. The zero-order valence-corrected chi connectivity index (χ0v) is 14.4. The molecule has 1 aromatic heterocycles. The number of piperidine rings is 1. The number of thioether (sulfide) groups is 1. The van der Waals surface area contributed by atoms with Crippen molar-refractivity contribution in [2.24, 2.45) is 5.73 Å². The zero-order valence-electron chi connectivity index (χ0n) is 11.9. The Bertz CT molecular complexity index is 528. The van der Waals surface area contributed by atoms with Gasteiger partial charge in [-0.3, -0.25) is 9.59 Å². The van der Waals surface area contributed by atoms with Crippen molar-refractivity contribution in [1.29, 1.82) is 0 Å². The molecule has 0 aliphatic carbocycles.